The minimum atomic E-state index is 0. The summed E-state index contributed by atoms with van der Waals surface area (Å²) in [5.41, 5.74) is 0.737. The second-order valence-electron chi connectivity index (χ2n) is 7.59. The molecule has 2 aliphatic heterocycles. The number of likely N-dealkylation sites (tertiary alicyclic amines) is 2. The Labute approximate surface area is 168 Å². The van der Waals surface area contributed by atoms with Crippen LogP contribution in [-0.2, 0) is 4.79 Å². The van der Waals surface area contributed by atoms with Crippen molar-refractivity contribution in [3.63, 3.8) is 0 Å². The molecule has 2 heterocycles. The highest BCUT2D eigenvalue weighted by atomic mass is 35.5. The van der Waals surface area contributed by atoms with Gasteiger partial charge in [0, 0.05) is 37.7 Å². The molecule has 0 bridgehead atoms. The maximum absolute atomic E-state index is 12.8. The Hall–Kier alpha value is -1.59. The van der Waals surface area contributed by atoms with Gasteiger partial charge in [0.05, 0.1) is 0 Å². The highest BCUT2D eigenvalue weighted by molar-refractivity contribution is 5.94. The van der Waals surface area contributed by atoms with Crippen molar-refractivity contribution >= 4 is 24.2 Å². The number of carbonyl (C=O) groups excluding carboxylic acids is 2. The van der Waals surface area contributed by atoms with Crippen molar-refractivity contribution in [1.82, 2.24) is 15.1 Å². The van der Waals surface area contributed by atoms with Gasteiger partial charge in [-0.2, -0.15) is 0 Å². The zero-order chi connectivity index (χ0) is 18.4. The number of halogens is 1. The molecule has 0 aromatic heterocycles. The summed E-state index contributed by atoms with van der Waals surface area (Å²) in [6.07, 6.45) is 5.03. The predicted octanol–water partition coefficient (Wildman–Crippen LogP) is 2.81. The first-order valence-electron chi connectivity index (χ1n) is 9.96. The Morgan fingerprint density at radius 3 is 2.15 bits per heavy atom. The van der Waals surface area contributed by atoms with Crippen LogP contribution < -0.4 is 5.32 Å². The lowest BCUT2D eigenvalue weighted by atomic mass is 9.90. The first kappa shape index (κ1) is 21.7. The minimum absolute atomic E-state index is 0. The molecule has 0 spiro atoms. The maximum Gasteiger partial charge on any atom is 0.253 e. The molecule has 2 aliphatic rings. The molecule has 3 rings (SSSR count). The standard InChI is InChI=1S/C21H31N3O2.ClH/c1-22-12-7-17-8-13-23(14-9-17)21(26)19-10-15-24(16-11-19)20(25)18-5-3-2-4-6-18;/h2-6,17,19,22H,7-16H2,1H3;1H. The topological polar surface area (TPSA) is 52.7 Å². The summed E-state index contributed by atoms with van der Waals surface area (Å²) in [4.78, 5) is 29.3. The number of piperidine rings is 2. The summed E-state index contributed by atoms with van der Waals surface area (Å²) >= 11 is 0. The normalized spacial score (nSPS) is 18.9. The van der Waals surface area contributed by atoms with Crippen LogP contribution in [0.15, 0.2) is 30.3 Å². The van der Waals surface area contributed by atoms with Gasteiger partial charge in [-0.3, -0.25) is 9.59 Å². The molecule has 6 heteroatoms. The quantitative estimate of drug-likeness (QED) is 0.836. The van der Waals surface area contributed by atoms with E-state index in [2.05, 4.69) is 10.2 Å². The summed E-state index contributed by atoms with van der Waals surface area (Å²) in [7, 11) is 1.99. The summed E-state index contributed by atoms with van der Waals surface area (Å²) < 4.78 is 0. The Kier molecular flexibility index (Phi) is 8.58. The van der Waals surface area contributed by atoms with Crippen LogP contribution in [0.1, 0.15) is 42.5 Å². The number of nitrogens with zero attached hydrogens (tertiary/aromatic N) is 2. The second-order valence-corrected chi connectivity index (χ2v) is 7.59. The molecule has 0 radical (unpaired) electrons. The predicted molar refractivity (Wildman–Crippen MR) is 110 cm³/mol. The number of amides is 2. The van der Waals surface area contributed by atoms with E-state index in [0.717, 1.165) is 56.8 Å². The lowest BCUT2D eigenvalue weighted by Gasteiger charge is -2.37. The Morgan fingerprint density at radius 1 is 0.963 bits per heavy atom. The number of hydrogen-bond donors (Lipinski definition) is 1. The summed E-state index contributed by atoms with van der Waals surface area (Å²) in [5.74, 6) is 1.23. The molecule has 0 unspecified atom stereocenters. The molecule has 27 heavy (non-hydrogen) atoms. The average molecular weight is 394 g/mol. The first-order valence-corrected chi connectivity index (χ1v) is 9.96. The van der Waals surface area contributed by atoms with Crippen LogP contribution in [0, 0.1) is 11.8 Å². The van der Waals surface area contributed by atoms with E-state index in [0.29, 0.717) is 19.0 Å². The largest absolute Gasteiger partial charge is 0.342 e. The molecule has 150 valence electrons. The van der Waals surface area contributed by atoms with Crippen LogP contribution in [0.25, 0.3) is 0 Å². The molecule has 0 saturated carbocycles. The Bertz CT molecular complexity index is 595. The lowest BCUT2D eigenvalue weighted by molar-refractivity contribution is -0.138. The monoisotopic (exact) mass is 393 g/mol. The lowest BCUT2D eigenvalue weighted by Crippen LogP contribution is -2.46. The van der Waals surface area contributed by atoms with Gasteiger partial charge in [0.2, 0.25) is 5.91 Å². The van der Waals surface area contributed by atoms with Gasteiger partial charge in [0.1, 0.15) is 0 Å². The number of rotatable bonds is 5. The Morgan fingerprint density at radius 2 is 1.56 bits per heavy atom. The fourth-order valence-electron chi connectivity index (χ4n) is 4.14. The molecule has 2 amide bonds. The molecular weight excluding hydrogens is 362 g/mol. The van der Waals surface area contributed by atoms with Crippen molar-refractivity contribution in [3.8, 4) is 0 Å². The number of carbonyl (C=O) groups is 2. The molecule has 2 fully saturated rings. The van der Waals surface area contributed by atoms with Crippen molar-refractivity contribution < 1.29 is 9.59 Å². The second kappa shape index (κ2) is 10.7. The fourth-order valence-corrected chi connectivity index (χ4v) is 4.14. The van der Waals surface area contributed by atoms with Gasteiger partial charge < -0.3 is 15.1 Å². The number of hydrogen-bond acceptors (Lipinski definition) is 3. The molecule has 5 nitrogen and oxygen atoms in total. The van der Waals surface area contributed by atoms with Crippen LogP contribution in [0.5, 0.6) is 0 Å². The third kappa shape index (κ3) is 5.69. The zero-order valence-electron chi connectivity index (χ0n) is 16.2. The van der Waals surface area contributed by atoms with Crippen LogP contribution in [0.4, 0.5) is 0 Å². The molecule has 1 aromatic carbocycles. The SMILES string of the molecule is CNCCC1CCN(C(=O)C2CCN(C(=O)c3ccccc3)CC2)CC1.Cl. The van der Waals surface area contributed by atoms with Gasteiger partial charge in [-0.05, 0) is 63.7 Å². The van der Waals surface area contributed by atoms with E-state index in [4.69, 9.17) is 0 Å². The third-order valence-corrected chi connectivity index (χ3v) is 5.88. The van der Waals surface area contributed by atoms with Gasteiger partial charge in [-0.1, -0.05) is 18.2 Å². The third-order valence-electron chi connectivity index (χ3n) is 5.88. The van der Waals surface area contributed by atoms with E-state index in [-0.39, 0.29) is 24.2 Å². The van der Waals surface area contributed by atoms with E-state index < -0.39 is 0 Å². The van der Waals surface area contributed by atoms with Gasteiger partial charge in [-0.25, -0.2) is 0 Å². The van der Waals surface area contributed by atoms with E-state index in [1.165, 1.54) is 6.42 Å². The van der Waals surface area contributed by atoms with Crippen LogP contribution >= 0.6 is 12.4 Å². The molecule has 2 saturated heterocycles. The van der Waals surface area contributed by atoms with Crippen LogP contribution in [0.2, 0.25) is 0 Å². The Balaban J connectivity index is 0.00000261. The van der Waals surface area contributed by atoms with Crippen LogP contribution in [-0.4, -0.2) is 61.4 Å². The minimum Gasteiger partial charge on any atom is -0.342 e. The number of nitrogens with one attached hydrogen (secondary N) is 1. The maximum atomic E-state index is 12.8. The van der Waals surface area contributed by atoms with E-state index in [9.17, 15) is 9.59 Å². The molecule has 0 aliphatic carbocycles. The van der Waals surface area contributed by atoms with E-state index >= 15 is 0 Å². The fraction of sp³-hybridized carbons (Fsp3) is 0.619. The highest BCUT2D eigenvalue weighted by Gasteiger charge is 2.32. The van der Waals surface area contributed by atoms with Crippen molar-refractivity contribution in [2.45, 2.75) is 32.1 Å². The summed E-state index contributed by atoms with van der Waals surface area (Å²) in [6.45, 7) is 4.23. The molecular formula is C21H32ClN3O2. The summed E-state index contributed by atoms with van der Waals surface area (Å²) in [6, 6.07) is 9.42. The van der Waals surface area contributed by atoms with Crippen molar-refractivity contribution in [2.24, 2.45) is 11.8 Å². The first-order chi connectivity index (χ1) is 12.7. The van der Waals surface area contributed by atoms with E-state index in [1.807, 2.05) is 42.3 Å². The van der Waals surface area contributed by atoms with Crippen LogP contribution in [0.3, 0.4) is 0 Å². The van der Waals surface area contributed by atoms with Gasteiger partial charge in [-0.15, -0.1) is 12.4 Å². The molecule has 0 atom stereocenters. The van der Waals surface area contributed by atoms with Gasteiger partial charge >= 0.3 is 0 Å². The van der Waals surface area contributed by atoms with E-state index in [1.54, 1.807) is 0 Å². The van der Waals surface area contributed by atoms with Gasteiger partial charge in [0.25, 0.3) is 5.91 Å². The van der Waals surface area contributed by atoms with Gasteiger partial charge in [0.15, 0.2) is 0 Å². The van der Waals surface area contributed by atoms with Crippen molar-refractivity contribution in [2.75, 3.05) is 39.8 Å². The average Bonchev–Trinajstić information content (AvgIpc) is 2.72. The number of benzene rings is 1. The highest BCUT2D eigenvalue weighted by Crippen LogP contribution is 2.25. The summed E-state index contributed by atoms with van der Waals surface area (Å²) in [5, 5.41) is 3.21. The zero-order valence-corrected chi connectivity index (χ0v) is 17.0. The molecule has 1 N–H and O–H groups in total. The van der Waals surface area contributed by atoms with Crippen molar-refractivity contribution in [1.29, 1.82) is 0 Å². The van der Waals surface area contributed by atoms with Crippen molar-refractivity contribution in [3.05, 3.63) is 35.9 Å². The smallest absolute Gasteiger partial charge is 0.253 e. The molecule has 1 aromatic rings.